The van der Waals surface area contributed by atoms with Crippen LogP contribution < -0.4 is 0 Å². The molecule has 0 N–H and O–H groups in total. The Morgan fingerprint density at radius 2 is 1.84 bits per heavy atom. The Labute approximate surface area is 117 Å². The van der Waals surface area contributed by atoms with Crippen LogP contribution in [0.4, 0.5) is 8.78 Å². The minimum atomic E-state index is -0.747. The molecule has 19 heavy (non-hydrogen) atoms. The molecule has 0 heterocycles. The third kappa shape index (κ3) is 2.97. The Balaban J connectivity index is 2.23. The molecule has 4 heteroatoms. The second kappa shape index (κ2) is 5.58. The van der Waals surface area contributed by atoms with Crippen molar-refractivity contribution in [3.05, 3.63) is 34.4 Å². The third-order valence-electron chi connectivity index (χ3n) is 4.24. The summed E-state index contributed by atoms with van der Waals surface area (Å²) in [6, 6.07) is 1.79. The monoisotopic (exact) mass is 286 g/mol. The lowest BCUT2D eigenvalue weighted by atomic mass is 9.73. The largest absolute Gasteiger partial charge is 0.294 e. The van der Waals surface area contributed by atoms with Crippen molar-refractivity contribution >= 4 is 17.4 Å². The highest BCUT2D eigenvalue weighted by Gasteiger charge is 2.31. The summed E-state index contributed by atoms with van der Waals surface area (Å²) in [7, 11) is 0. The first kappa shape index (κ1) is 14.4. The molecule has 0 amide bonds. The second-order valence-corrected chi connectivity index (χ2v) is 5.98. The van der Waals surface area contributed by atoms with E-state index in [-0.39, 0.29) is 22.3 Å². The van der Waals surface area contributed by atoms with E-state index < -0.39 is 11.6 Å². The quantitative estimate of drug-likeness (QED) is 0.560. The Kier molecular flexibility index (Phi) is 4.24. The van der Waals surface area contributed by atoms with Crippen LogP contribution in [0, 0.1) is 29.4 Å². The minimum Gasteiger partial charge on any atom is -0.294 e. The summed E-state index contributed by atoms with van der Waals surface area (Å²) in [4.78, 5) is 12.3. The number of Topliss-reactive ketones (excluding diaryl/α,β-unsaturated/α-hetero) is 1. The molecule has 1 aromatic rings. The maximum atomic E-state index is 13.7. The molecule has 1 saturated carbocycles. The predicted molar refractivity (Wildman–Crippen MR) is 71.4 cm³/mol. The number of hydrogen-bond acceptors (Lipinski definition) is 1. The maximum Gasteiger partial charge on any atom is 0.168 e. The topological polar surface area (TPSA) is 17.1 Å². The van der Waals surface area contributed by atoms with E-state index in [0.717, 1.165) is 31.4 Å². The summed E-state index contributed by atoms with van der Waals surface area (Å²) >= 11 is 5.49. The zero-order valence-electron chi connectivity index (χ0n) is 11.1. The molecule has 0 radical (unpaired) electrons. The summed E-state index contributed by atoms with van der Waals surface area (Å²) in [6.07, 6.45) is 2.44. The van der Waals surface area contributed by atoms with Gasteiger partial charge in [0.25, 0.3) is 0 Å². The van der Waals surface area contributed by atoms with Crippen LogP contribution in [0.3, 0.4) is 0 Å². The van der Waals surface area contributed by atoms with Gasteiger partial charge in [-0.25, -0.2) is 8.78 Å². The fraction of sp³-hybridized carbons (Fsp3) is 0.533. The fourth-order valence-electron chi connectivity index (χ4n) is 2.72. The molecule has 104 valence electrons. The van der Waals surface area contributed by atoms with Crippen LogP contribution in [0.2, 0.25) is 5.02 Å². The molecular formula is C15H17ClF2O. The highest BCUT2D eigenvalue weighted by molar-refractivity contribution is 6.30. The van der Waals surface area contributed by atoms with Gasteiger partial charge in [-0.05, 0) is 43.2 Å². The molecule has 1 aromatic carbocycles. The van der Waals surface area contributed by atoms with Gasteiger partial charge in [-0.15, -0.1) is 0 Å². The molecule has 0 bridgehead atoms. The lowest BCUT2D eigenvalue weighted by Crippen LogP contribution is -2.27. The zero-order chi connectivity index (χ0) is 14.2. The van der Waals surface area contributed by atoms with Gasteiger partial charge in [-0.3, -0.25) is 4.79 Å². The average molecular weight is 287 g/mol. The van der Waals surface area contributed by atoms with Crippen LogP contribution in [0.25, 0.3) is 0 Å². The van der Waals surface area contributed by atoms with Crippen molar-refractivity contribution in [3.63, 3.8) is 0 Å². The Morgan fingerprint density at radius 1 is 1.16 bits per heavy atom. The van der Waals surface area contributed by atoms with Gasteiger partial charge in [0.2, 0.25) is 0 Å². The first-order valence-electron chi connectivity index (χ1n) is 6.59. The number of benzene rings is 1. The minimum absolute atomic E-state index is 0.173. The van der Waals surface area contributed by atoms with Gasteiger partial charge in [0.15, 0.2) is 5.78 Å². The van der Waals surface area contributed by atoms with Crippen molar-refractivity contribution < 1.29 is 13.6 Å². The number of ketones is 1. The van der Waals surface area contributed by atoms with Crippen LogP contribution in [-0.4, -0.2) is 5.78 Å². The van der Waals surface area contributed by atoms with Gasteiger partial charge < -0.3 is 0 Å². The van der Waals surface area contributed by atoms with Gasteiger partial charge in [-0.2, -0.15) is 0 Å². The molecule has 3 atom stereocenters. The number of halogens is 3. The van der Waals surface area contributed by atoms with Crippen molar-refractivity contribution in [2.45, 2.75) is 33.1 Å². The van der Waals surface area contributed by atoms with Gasteiger partial charge >= 0.3 is 0 Å². The van der Waals surface area contributed by atoms with E-state index in [9.17, 15) is 13.6 Å². The van der Waals surface area contributed by atoms with Crippen LogP contribution in [0.5, 0.6) is 0 Å². The fourth-order valence-corrected chi connectivity index (χ4v) is 2.87. The van der Waals surface area contributed by atoms with Gasteiger partial charge in [-0.1, -0.05) is 25.4 Å². The summed E-state index contributed by atoms with van der Waals surface area (Å²) < 4.78 is 27.1. The van der Waals surface area contributed by atoms with E-state index in [1.165, 1.54) is 0 Å². The molecule has 0 aliphatic heterocycles. The van der Waals surface area contributed by atoms with Crippen molar-refractivity contribution in [1.29, 1.82) is 0 Å². The first-order chi connectivity index (χ1) is 8.90. The van der Waals surface area contributed by atoms with Gasteiger partial charge in [0.05, 0.1) is 10.6 Å². The molecule has 1 fully saturated rings. The summed E-state index contributed by atoms with van der Waals surface area (Å²) in [6.45, 7) is 4.26. The van der Waals surface area contributed by atoms with Crippen LogP contribution in [0.15, 0.2) is 12.1 Å². The van der Waals surface area contributed by atoms with E-state index in [1.807, 2.05) is 0 Å². The second-order valence-electron chi connectivity index (χ2n) is 5.57. The van der Waals surface area contributed by atoms with Crippen LogP contribution in [0.1, 0.15) is 43.5 Å². The Bertz CT molecular complexity index is 501. The normalized spacial score (nSPS) is 27.3. The molecule has 0 spiro atoms. The molecule has 1 aliphatic carbocycles. The molecule has 0 aromatic heterocycles. The summed E-state index contributed by atoms with van der Waals surface area (Å²) in [5.41, 5.74) is -0.173. The SMILES string of the molecule is CC1CCC(C(=O)c2cc(F)c(Cl)cc2F)CC1C. The first-order valence-corrected chi connectivity index (χ1v) is 6.96. The van der Waals surface area contributed by atoms with E-state index >= 15 is 0 Å². The number of rotatable bonds is 2. The smallest absolute Gasteiger partial charge is 0.168 e. The van der Waals surface area contributed by atoms with Crippen molar-refractivity contribution in [2.75, 3.05) is 0 Å². The van der Waals surface area contributed by atoms with Crippen LogP contribution >= 0.6 is 11.6 Å². The Morgan fingerprint density at radius 3 is 2.47 bits per heavy atom. The molecule has 1 nitrogen and oxygen atoms in total. The van der Waals surface area contributed by atoms with E-state index in [4.69, 9.17) is 11.6 Å². The van der Waals surface area contributed by atoms with Gasteiger partial charge in [0.1, 0.15) is 11.6 Å². The molecule has 0 saturated heterocycles. The highest BCUT2D eigenvalue weighted by Crippen LogP contribution is 2.35. The van der Waals surface area contributed by atoms with Crippen molar-refractivity contribution in [3.8, 4) is 0 Å². The van der Waals surface area contributed by atoms with E-state index in [1.54, 1.807) is 0 Å². The molecule has 3 unspecified atom stereocenters. The van der Waals surface area contributed by atoms with Gasteiger partial charge in [0, 0.05) is 5.92 Å². The van der Waals surface area contributed by atoms with Crippen LogP contribution in [-0.2, 0) is 0 Å². The molecule has 2 rings (SSSR count). The standard InChI is InChI=1S/C15H17ClF2O/c1-8-3-4-10(5-9(8)2)15(19)11-6-14(18)12(16)7-13(11)17/h6-10H,3-5H2,1-2H3. The molecule has 1 aliphatic rings. The average Bonchev–Trinajstić information content (AvgIpc) is 2.36. The Hall–Kier alpha value is -0.960. The predicted octanol–water partition coefficient (Wildman–Crippen LogP) is 4.87. The number of hydrogen-bond donors (Lipinski definition) is 0. The highest BCUT2D eigenvalue weighted by atomic mass is 35.5. The lowest BCUT2D eigenvalue weighted by Gasteiger charge is -2.31. The van der Waals surface area contributed by atoms with Crippen molar-refractivity contribution in [2.24, 2.45) is 17.8 Å². The summed E-state index contributed by atoms with van der Waals surface area (Å²) in [5.74, 6) is -0.974. The zero-order valence-corrected chi connectivity index (χ0v) is 11.8. The maximum absolute atomic E-state index is 13.7. The molecular weight excluding hydrogens is 270 g/mol. The van der Waals surface area contributed by atoms with Crippen molar-refractivity contribution in [1.82, 2.24) is 0 Å². The number of carbonyl (C=O) groups is 1. The lowest BCUT2D eigenvalue weighted by molar-refractivity contribution is 0.0833. The van der Waals surface area contributed by atoms with E-state index in [2.05, 4.69) is 13.8 Å². The third-order valence-corrected chi connectivity index (χ3v) is 4.53. The van der Waals surface area contributed by atoms with E-state index in [0.29, 0.717) is 11.8 Å². The summed E-state index contributed by atoms with van der Waals surface area (Å²) in [5, 5.41) is -0.292. The number of carbonyl (C=O) groups excluding carboxylic acids is 1.